The molecule has 0 radical (unpaired) electrons. The van der Waals surface area contributed by atoms with Crippen LogP contribution in [0.5, 0.6) is 5.75 Å². The van der Waals surface area contributed by atoms with Crippen LogP contribution in [0.2, 0.25) is 0 Å². The van der Waals surface area contributed by atoms with Gasteiger partial charge in [0.2, 0.25) is 0 Å². The minimum absolute atomic E-state index is 0.299. The fourth-order valence-electron chi connectivity index (χ4n) is 2.47. The second-order valence-electron chi connectivity index (χ2n) is 6.05. The molecule has 0 aliphatic carbocycles. The Morgan fingerprint density at radius 3 is 2.46 bits per heavy atom. The Kier molecular flexibility index (Phi) is 7.66. The number of aryl methyl sites for hydroxylation is 1. The molecule has 0 saturated heterocycles. The van der Waals surface area contributed by atoms with Gasteiger partial charge in [0.1, 0.15) is 0 Å². The molecule has 2 rings (SSSR count). The molecular weight excluding hydrogens is 303 g/mol. The Bertz CT molecular complexity index is 614. The summed E-state index contributed by atoms with van der Waals surface area (Å²) in [5.41, 5.74) is 2.40. The molecule has 0 N–H and O–H groups in total. The Morgan fingerprint density at radius 2 is 1.79 bits per heavy atom. The largest absolute Gasteiger partial charge is 0.491 e. The molecule has 3 nitrogen and oxygen atoms in total. The van der Waals surface area contributed by atoms with Gasteiger partial charge in [-0.05, 0) is 37.5 Å². The standard InChI is InChI=1S/C20H27FN2O/c1-3-5-7-8-9-17-14-23-19(15-22-17)16-10-11-20(18(21)13-16)24-12-6-4-2/h10-11,13-15H,3-9,12H2,1-2H3. The predicted molar refractivity (Wildman–Crippen MR) is 95.7 cm³/mol. The van der Waals surface area contributed by atoms with Gasteiger partial charge in [-0.3, -0.25) is 9.97 Å². The molecule has 1 heterocycles. The number of halogens is 1. The van der Waals surface area contributed by atoms with Crippen LogP contribution in [0.4, 0.5) is 4.39 Å². The summed E-state index contributed by atoms with van der Waals surface area (Å²) in [6, 6.07) is 4.96. The van der Waals surface area contributed by atoms with Crippen LogP contribution in [0, 0.1) is 5.82 Å². The van der Waals surface area contributed by atoms with Crippen LogP contribution in [0.1, 0.15) is 58.1 Å². The van der Waals surface area contributed by atoms with Crippen LogP contribution < -0.4 is 4.74 Å². The predicted octanol–water partition coefficient (Wildman–Crippen LogP) is 5.58. The molecule has 0 saturated carbocycles. The molecule has 0 unspecified atom stereocenters. The normalized spacial score (nSPS) is 10.8. The zero-order valence-electron chi connectivity index (χ0n) is 14.7. The van der Waals surface area contributed by atoms with E-state index in [1.807, 2.05) is 6.07 Å². The fourth-order valence-corrected chi connectivity index (χ4v) is 2.47. The van der Waals surface area contributed by atoms with E-state index in [1.54, 1.807) is 18.5 Å². The van der Waals surface area contributed by atoms with Crippen LogP contribution in [-0.4, -0.2) is 16.6 Å². The SMILES string of the molecule is CCCCCCc1cnc(-c2ccc(OCCCC)c(F)c2)cn1. The summed E-state index contributed by atoms with van der Waals surface area (Å²) in [7, 11) is 0. The topological polar surface area (TPSA) is 35.0 Å². The number of rotatable bonds is 10. The van der Waals surface area contributed by atoms with Crippen molar-refractivity contribution in [3.63, 3.8) is 0 Å². The number of ether oxygens (including phenoxy) is 1. The Balaban J connectivity index is 1.97. The Labute approximate surface area is 144 Å². The monoisotopic (exact) mass is 330 g/mol. The quantitative estimate of drug-likeness (QED) is 0.533. The van der Waals surface area contributed by atoms with Crippen molar-refractivity contribution in [2.75, 3.05) is 6.61 Å². The van der Waals surface area contributed by atoms with Gasteiger partial charge in [0.25, 0.3) is 0 Å². The zero-order valence-corrected chi connectivity index (χ0v) is 14.7. The number of benzene rings is 1. The first-order valence-corrected chi connectivity index (χ1v) is 8.98. The average Bonchev–Trinajstić information content (AvgIpc) is 2.61. The minimum atomic E-state index is -0.353. The van der Waals surface area contributed by atoms with E-state index in [-0.39, 0.29) is 5.82 Å². The van der Waals surface area contributed by atoms with Crippen molar-refractivity contribution in [1.29, 1.82) is 0 Å². The van der Waals surface area contributed by atoms with E-state index in [1.165, 1.54) is 25.3 Å². The molecule has 1 aromatic carbocycles. The second kappa shape index (κ2) is 10.0. The third-order valence-corrected chi connectivity index (χ3v) is 3.97. The first-order valence-electron chi connectivity index (χ1n) is 8.98. The molecule has 0 atom stereocenters. The number of hydrogen-bond acceptors (Lipinski definition) is 3. The van der Waals surface area contributed by atoms with Gasteiger partial charge in [-0.25, -0.2) is 4.39 Å². The summed E-state index contributed by atoms with van der Waals surface area (Å²) in [6.45, 7) is 4.82. The van der Waals surface area contributed by atoms with E-state index in [2.05, 4.69) is 23.8 Å². The molecule has 1 aromatic heterocycles. The van der Waals surface area contributed by atoms with Crippen LogP contribution >= 0.6 is 0 Å². The maximum absolute atomic E-state index is 14.1. The van der Waals surface area contributed by atoms with Crippen LogP contribution in [-0.2, 0) is 6.42 Å². The molecule has 4 heteroatoms. The second-order valence-corrected chi connectivity index (χ2v) is 6.05. The van der Waals surface area contributed by atoms with Crippen molar-refractivity contribution < 1.29 is 9.13 Å². The van der Waals surface area contributed by atoms with Crippen molar-refractivity contribution in [2.45, 2.75) is 58.8 Å². The molecule has 0 aliphatic heterocycles. The lowest BCUT2D eigenvalue weighted by molar-refractivity contribution is 0.294. The van der Waals surface area contributed by atoms with E-state index in [0.29, 0.717) is 18.1 Å². The lowest BCUT2D eigenvalue weighted by Crippen LogP contribution is -1.99. The van der Waals surface area contributed by atoms with Crippen molar-refractivity contribution in [3.8, 4) is 17.0 Å². The fraction of sp³-hybridized carbons (Fsp3) is 0.500. The Morgan fingerprint density at radius 1 is 0.958 bits per heavy atom. The third kappa shape index (κ3) is 5.59. The average molecular weight is 330 g/mol. The third-order valence-electron chi connectivity index (χ3n) is 3.97. The molecular formula is C20H27FN2O. The van der Waals surface area contributed by atoms with Crippen molar-refractivity contribution in [2.24, 2.45) is 0 Å². The lowest BCUT2D eigenvalue weighted by atomic mass is 10.1. The molecule has 0 fully saturated rings. The van der Waals surface area contributed by atoms with Gasteiger partial charge in [-0.1, -0.05) is 39.5 Å². The maximum atomic E-state index is 14.1. The van der Waals surface area contributed by atoms with Crippen molar-refractivity contribution in [3.05, 3.63) is 42.1 Å². The van der Waals surface area contributed by atoms with Crippen LogP contribution in [0.15, 0.2) is 30.6 Å². The van der Waals surface area contributed by atoms with Gasteiger partial charge in [0.15, 0.2) is 11.6 Å². The smallest absolute Gasteiger partial charge is 0.165 e. The van der Waals surface area contributed by atoms with Gasteiger partial charge in [0, 0.05) is 11.8 Å². The van der Waals surface area contributed by atoms with Gasteiger partial charge >= 0.3 is 0 Å². The highest BCUT2D eigenvalue weighted by atomic mass is 19.1. The molecule has 0 bridgehead atoms. The molecule has 130 valence electrons. The maximum Gasteiger partial charge on any atom is 0.165 e. The minimum Gasteiger partial charge on any atom is -0.491 e. The highest BCUT2D eigenvalue weighted by Crippen LogP contribution is 2.24. The lowest BCUT2D eigenvalue weighted by Gasteiger charge is -2.08. The van der Waals surface area contributed by atoms with Gasteiger partial charge < -0.3 is 4.74 Å². The first kappa shape index (κ1) is 18.4. The van der Waals surface area contributed by atoms with Crippen LogP contribution in [0.25, 0.3) is 11.3 Å². The molecule has 0 amide bonds. The van der Waals surface area contributed by atoms with Gasteiger partial charge in [0.05, 0.1) is 24.2 Å². The Hall–Kier alpha value is -1.97. The van der Waals surface area contributed by atoms with E-state index < -0.39 is 0 Å². The summed E-state index contributed by atoms with van der Waals surface area (Å²) >= 11 is 0. The highest BCUT2D eigenvalue weighted by molar-refractivity contribution is 5.59. The summed E-state index contributed by atoms with van der Waals surface area (Å²) < 4.78 is 19.5. The number of aromatic nitrogens is 2. The zero-order chi connectivity index (χ0) is 17.2. The molecule has 24 heavy (non-hydrogen) atoms. The number of unbranched alkanes of at least 4 members (excludes halogenated alkanes) is 4. The summed E-state index contributed by atoms with van der Waals surface area (Å²) in [6.07, 6.45) is 11.3. The van der Waals surface area contributed by atoms with E-state index >= 15 is 0 Å². The summed E-state index contributed by atoms with van der Waals surface area (Å²) in [5, 5.41) is 0. The molecule has 2 aromatic rings. The van der Waals surface area contributed by atoms with Gasteiger partial charge in [-0.15, -0.1) is 0 Å². The highest BCUT2D eigenvalue weighted by Gasteiger charge is 2.08. The summed E-state index contributed by atoms with van der Waals surface area (Å²) in [4.78, 5) is 8.87. The van der Waals surface area contributed by atoms with Crippen molar-refractivity contribution >= 4 is 0 Å². The number of hydrogen-bond donors (Lipinski definition) is 0. The van der Waals surface area contributed by atoms with Crippen molar-refractivity contribution in [1.82, 2.24) is 9.97 Å². The number of nitrogens with zero attached hydrogens (tertiary/aromatic N) is 2. The van der Waals surface area contributed by atoms with Crippen LogP contribution in [0.3, 0.4) is 0 Å². The van der Waals surface area contributed by atoms with Gasteiger partial charge in [-0.2, -0.15) is 0 Å². The van der Waals surface area contributed by atoms with E-state index in [0.717, 1.165) is 36.9 Å². The van der Waals surface area contributed by atoms with E-state index in [4.69, 9.17) is 4.74 Å². The van der Waals surface area contributed by atoms with E-state index in [9.17, 15) is 4.39 Å². The molecule has 0 spiro atoms. The summed E-state index contributed by atoms with van der Waals surface area (Å²) in [5.74, 6) is -0.0539. The first-order chi connectivity index (χ1) is 11.7. The molecule has 0 aliphatic rings.